The van der Waals surface area contributed by atoms with Crippen LogP contribution in [-0.2, 0) is 4.74 Å². The van der Waals surface area contributed by atoms with Crippen molar-refractivity contribution < 1.29 is 4.74 Å². The van der Waals surface area contributed by atoms with Gasteiger partial charge in [-0.1, -0.05) is 0 Å². The van der Waals surface area contributed by atoms with Crippen molar-refractivity contribution in [3.63, 3.8) is 0 Å². The molecule has 0 amide bonds. The molecule has 2 unspecified atom stereocenters. The van der Waals surface area contributed by atoms with Crippen molar-refractivity contribution in [2.75, 3.05) is 17.7 Å². The van der Waals surface area contributed by atoms with Crippen LogP contribution < -0.4 is 11.1 Å². The first-order valence-electron chi connectivity index (χ1n) is 7.80. The highest BCUT2D eigenvalue weighted by Crippen LogP contribution is 2.38. The van der Waals surface area contributed by atoms with Crippen molar-refractivity contribution in [3.05, 3.63) is 24.8 Å². The summed E-state index contributed by atoms with van der Waals surface area (Å²) in [5.74, 6) is 2.04. The van der Waals surface area contributed by atoms with Crippen LogP contribution in [0.2, 0.25) is 0 Å². The first-order chi connectivity index (χ1) is 10.8. The van der Waals surface area contributed by atoms with Gasteiger partial charge in [-0.2, -0.15) is 5.10 Å². The zero-order chi connectivity index (χ0) is 14.9. The van der Waals surface area contributed by atoms with Crippen molar-refractivity contribution in [1.82, 2.24) is 19.7 Å². The van der Waals surface area contributed by atoms with Gasteiger partial charge in [0.25, 0.3) is 0 Å². The molecule has 2 fully saturated rings. The molecule has 1 saturated heterocycles. The van der Waals surface area contributed by atoms with Gasteiger partial charge in [-0.3, -0.25) is 0 Å². The molecule has 0 spiro atoms. The Labute approximate surface area is 128 Å². The third-order valence-electron chi connectivity index (χ3n) is 4.39. The molecule has 1 aliphatic carbocycles. The second kappa shape index (κ2) is 5.57. The number of nitrogens with zero attached hydrogens (tertiary/aromatic N) is 4. The Hall–Kier alpha value is -2.15. The molecule has 2 aromatic heterocycles. The molecule has 3 N–H and O–H groups in total. The quantitative estimate of drug-likeness (QED) is 0.891. The van der Waals surface area contributed by atoms with Crippen molar-refractivity contribution >= 4 is 11.5 Å². The summed E-state index contributed by atoms with van der Waals surface area (Å²) >= 11 is 0. The summed E-state index contributed by atoms with van der Waals surface area (Å²) in [6, 6.07) is 2.19. The Kier molecular flexibility index (Phi) is 3.42. The van der Waals surface area contributed by atoms with Gasteiger partial charge in [-0.15, -0.1) is 0 Å². The molecule has 7 nitrogen and oxygen atoms in total. The summed E-state index contributed by atoms with van der Waals surface area (Å²) < 4.78 is 7.52. The number of aromatic nitrogens is 4. The van der Waals surface area contributed by atoms with E-state index in [1.807, 2.05) is 12.3 Å². The lowest BCUT2D eigenvalue weighted by Gasteiger charge is -2.30. The fourth-order valence-electron chi connectivity index (χ4n) is 3.03. The summed E-state index contributed by atoms with van der Waals surface area (Å²) in [5, 5.41) is 7.64. The van der Waals surface area contributed by atoms with Crippen LogP contribution in [0.3, 0.4) is 0 Å². The third-order valence-corrected chi connectivity index (χ3v) is 4.39. The van der Waals surface area contributed by atoms with Gasteiger partial charge >= 0.3 is 0 Å². The Balaban J connectivity index is 1.51. The predicted octanol–water partition coefficient (Wildman–Crippen LogP) is 1.61. The van der Waals surface area contributed by atoms with E-state index in [4.69, 9.17) is 10.5 Å². The first kappa shape index (κ1) is 13.5. The van der Waals surface area contributed by atoms with Gasteiger partial charge in [0, 0.05) is 25.0 Å². The van der Waals surface area contributed by atoms with Crippen LogP contribution in [0, 0.1) is 5.92 Å². The zero-order valence-electron chi connectivity index (χ0n) is 12.4. The van der Waals surface area contributed by atoms with E-state index in [1.54, 1.807) is 10.9 Å². The largest absolute Gasteiger partial charge is 0.393 e. The smallest absolute Gasteiger partial charge is 0.181 e. The van der Waals surface area contributed by atoms with Gasteiger partial charge in [0.2, 0.25) is 0 Å². The fraction of sp³-hybridized carbons (Fsp3) is 0.533. The molecule has 4 rings (SSSR count). The first-order valence-corrected chi connectivity index (χ1v) is 7.80. The predicted molar refractivity (Wildman–Crippen MR) is 82.7 cm³/mol. The summed E-state index contributed by atoms with van der Waals surface area (Å²) in [6.45, 7) is 0.801. The Bertz CT molecular complexity index is 639. The van der Waals surface area contributed by atoms with E-state index in [0.717, 1.165) is 25.4 Å². The van der Waals surface area contributed by atoms with Crippen molar-refractivity contribution in [3.8, 4) is 5.82 Å². The minimum Gasteiger partial charge on any atom is -0.393 e. The molecule has 0 aromatic carbocycles. The SMILES string of the molecule is Nc1c(NC2CCOC(C3CC3)C2)ncnc1-n1cccn1. The van der Waals surface area contributed by atoms with Gasteiger partial charge in [0.15, 0.2) is 11.6 Å². The van der Waals surface area contributed by atoms with Gasteiger partial charge in [0.1, 0.15) is 12.0 Å². The zero-order valence-corrected chi connectivity index (χ0v) is 12.4. The van der Waals surface area contributed by atoms with Gasteiger partial charge in [-0.05, 0) is 37.7 Å². The normalized spacial score (nSPS) is 25.1. The maximum Gasteiger partial charge on any atom is 0.181 e. The number of hydrogen-bond acceptors (Lipinski definition) is 6. The number of anilines is 2. The van der Waals surface area contributed by atoms with Gasteiger partial charge < -0.3 is 15.8 Å². The topological polar surface area (TPSA) is 90.9 Å². The molecule has 0 bridgehead atoms. The van der Waals surface area contributed by atoms with E-state index >= 15 is 0 Å². The number of nitrogens with one attached hydrogen (secondary N) is 1. The summed E-state index contributed by atoms with van der Waals surface area (Å²) in [7, 11) is 0. The van der Waals surface area contributed by atoms with Crippen molar-refractivity contribution in [2.45, 2.75) is 37.8 Å². The van der Waals surface area contributed by atoms with E-state index in [0.29, 0.717) is 29.5 Å². The van der Waals surface area contributed by atoms with E-state index in [-0.39, 0.29) is 0 Å². The van der Waals surface area contributed by atoms with E-state index in [1.165, 1.54) is 19.2 Å². The highest BCUT2D eigenvalue weighted by molar-refractivity contribution is 5.69. The van der Waals surface area contributed by atoms with Crippen LogP contribution in [0.1, 0.15) is 25.7 Å². The highest BCUT2D eigenvalue weighted by atomic mass is 16.5. The standard InChI is InChI=1S/C15H20N6O/c16-13-14(17-9-18-15(13)21-6-1-5-19-21)20-11-4-7-22-12(8-11)10-2-3-10/h1,5-6,9-12H,2-4,7-8,16H2,(H,17,18,20). The molecule has 2 atom stereocenters. The number of nitrogens with two attached hydrogens (primary N) is 1. The highest BCUT2D eigenvalue weighted by Gasteiger charge is 2.36. The molecular weight excluding hydrogens is 280 g/mol. The second-order valence-electron chi connectivity index (χ2n) is 6.02. The average molecular weight is 300 g/mol. The Morgan fingerprint density at radius 3 is 2.95 bits per heavy atom. The molecule has 1 saturated carbocycles. The molecule has 22 heavy (non-hydrogen) atoms. The van der Waals surface area contributed by atoms with Crippen LogP contribution in [0.25, 0.3) is 5.82 Å². The van der Waals surface area contributed by atoms with Gasteiger partial charge in [-0.25, -0.2) is 14.6 Å². The van der Waals surface area contributed by atoms with E-state index < -0.39 is 0 Å². The summed E-state index contributed by atoms with van der Waals surface area (Å²) in [5.41, 5.74) is 6.75. The van der Waals surface area contributed by atoms with Gasteiger partial charge in [0.05, 0.1) is 6.10 Å². The van der Waals surface area contributed by atoms with Crippen LogP contribution in [0.15, 0.2) is 24.8 Å². The summed E-state index contributed by atoms with van der Waals surface area (Å²) in [4.78, 5) is 8.53. The molecule has 7 heteroatoms. The molecule has 2 aliphatic rings. The number of ether oxygens (including phenoxy) is 1. The van der Waals surface area contributed by atoms with Crippen molar-refractivity contribution in [1.29, 1.82) is 0 Å². The van der Waals surface area contributed by atoms with Crippen LogP contribution in [0.4, 0.5) is 11.5 Å². The molecule has 2 aromatic rings. The molecule has 116 valence electrons. The monoisotopic (exact) mass is 300 g/mol. The third kappa shape index (κ3) is 2.64. The average Bonchev–Trinajstić information content (AvgIpc) is 3.25. The van der Waals surface area contributed by atoms with E-state index in [2.05, 4.69) is 20.4 Å². The number of nitrogen functional groups attached to an aromatic ring is 1. The van der Waals surface area contributed by atoms with Crippen LogP contribution >= 0.6 is 0 Å². The summed E-state index contributed by atoms with van der Waals surface area (Å²) in [6.07, 6.45) is 10.0. The van der Waals surface area contributed by atoms with Crippen LogP contribution in [0.5, 0.6) is 0 Å². The lowest BCUT2D eigenvalue weighted by molar-refractivity contribution is -0.00222. The Morgan fingerprint density at radius 1 is 1.27 bits per heavy atom. The van der Waals surface area contributed by atoms with Crippen LogP contribution in [-0.4, -0.2) is 38.5 Å². The number of rotatable bonds is 4. The maximum absolute atomic E-state index is 6.22. The lowest BCUT2D eigenvalue weighted by Crippen LogP contribution is -2.35. The second-order valence-corrected chi connectivity index (χ2v) is 6.02. The minimum atomic E-state index is 0.349. The van der Waals surface area contributed by atoms with E-state index in [9.17, 15) is 0 Å². The fourth-order valence-corrected chi connectivity index (χ4v) is 3.03. The van der Waals surface area contributed by atoms with Crippen molar-refractivity contribution in [2.24, 2.45) is 5.92 Å². The molecule has 3 heterocycles. The Morgan fingerprint density at radius 2 is 2.18 bits per heavy atom. The maximum atomic E-state index is 6.22. The number of hydrogen-bond donors (Lipinski definition) is 2. The molecule has 1 aliphatic heterocycles. The molecule has 0 radical (unpaired) electrons. The molecular formula is C15H20N6O. The minimum absolute atomic E-state index is 0.349. The lowest BCUT2D eigenvalue weighted by atomic mass is 10.00.